The van der Waals surface area contributed by atoms with Gasteiger partial charge in [0.15, 0.2) is 11.6 Å². The van der Waals surface area contributed by atoms with Crippen LogP contribution in [0.3, 0.4) is 0 Å². The van der Waals surface area contributed by atoms with Crippen molar-refractivity contribution in [1.82, 2.24) is 0 Å². The summed E-state index contributed by atoms with van der Waals surface area (Å²) in [7, 11) is 0. The fourth-order valence-electron chi connectivity index (χ4n) is 3.88. The quantitative estimate of drug-likeness (QED) is 0.507. The first-order chi connectivity index (χ1) is 8.16. The molecule has 1 fully saturated rings. The van der Waals surface area contributed by atoms with Crippen LogP contribution in [0.1, 0.15) is 19.8 Å². The van der Waals surface area contributed by atoms with E-state index in [0.717, 1.165) is 23.1 Å². The largest absolute Gasteiger partial charge is 0.290 e. The van der Waals surface area contributed by atoms with Crippen LogP contribution < -0.4 is 0 Å². The van der Waals surface area contributed by atoms with Gasteiger partial charge in [-0.05, 0) is 36.2 Å². The lowest BCUT2D eigenvalue weighted by Crippen LogP contribution is -2.25. The van der Waals surface area contributed by atoms with Gasteiger partial charge < -0.3 is 0 Å². The summed E-state index contributed by atoms with van der Waals surface area (Å²) in [5.41, 5.74) is 2.37. The average Bonchev–Trinajstić information content (AvgIpc) is 2.90. The first kappa shape index (κ1) is 9.58. The Hall–Kier alpha value is -1.44. The smallest absolute Gasteiger partial charge is 0.186 e. The van der Waals surface area contributed by atoms with Crippen LogP contribution in [0.4, 0.5) is 0 Å². The molecule has 0 aliphatic heterocycles. The van der Waals surface area contributed by atoms with Gasteiger partial charge >= 0.3 is 0 Å². The van der Waals surface area contributed by atoms with E-state index in [1.165, 1.54) is 0 Å². The molecule has 2 bridgehead atoms. The van der Waals surface area contributed by atoms with Crippen LogP contribution >= 0.6 is 0 Å². The van der Waals surface area contributed by atoms with Crippen molar-refractivity contribution in [3.05, 3.63) is 34.9 Å². The molecule has 2 nitrogen and oxygen atoms in total. The third-order valence-electron chi connectivity index (χ3n) is 4.93. The van der Waals surface area contributed by atoms with Gasteiger partial charge in [0.2, 0.25) is 0 Å². The summed E-state index contributed by atoms with van der Waals surface area (Å²) in [5, 5.41) is 0. The minimum Gasteiger partial charge on any atom is -0.290 e. The standard InChI is InChI=1S/C15H14O2/c1-7-8-2-3-9(4-8)14(7)12-6-13(16)10-5-11(10)15(12)17/h2-3,6-9,14H,4-5H2,1H3. The van der Waals surface area contributed by atoms with Crippen LogP contribution in [0.2, 0.25) is 0 Å². The minimum atomic E-state index is 0.0913. The third kappa shape index (κ3) is 1.11. The van der Waals surface area contributed by atoms with Crippen molar-refractivity contribution in [2.24, 2.45) is 23.7 Å². The van der Waals surface area contributed by atoms with Crippen molar-refractivity contribution in [3.63, 3.8) is 0 Å². The van der Waals surface area contributed by atoms with Crippen LogP contribution in [0.5, 0.6) is 0 Å². The van der Waals surface area contributed by atoms with Crippen LogP contribution in [0.25, 0.3) is 0 Å². The van der Waals surface area contributed by atoms with Crippen molar-refractivity contribution in [2.45, 2.75) is 19.8 Å². The predicted octanol–water partition coefficient (Wildman–Crippen LogP) is 2.22. The fraction of sp³-hybridized carbons (Fsp3) is 0.467. The highest BCUT2D eigenvalue weighted by atomic mass is 16.1. The summed E-state index contributed by atoms with van der Waals surface area (Å²) in [4.78, 5) is 24.0. The molecule has 0 spiro atoms. The second-order valence-electron chi connectivity index (χ2n) is 5.76. The van der Waals surface area contributed by atoms with E-state index in [9.17, 15) is 9.59 Å². The Balaban J connectivity index is 1.74. The maximum atomic E-state index is 12.2. The molecule has 0 saturated heterocycles. The Labute approximate surface area is 100 Å². The molecule has 2 heteroatoms. The van der Waals surface area contributed by atoms with Crippen molar-refractivity contribution in [3.8, 4) is 0 Å². The number of ketones is 2. The lowest BCUT2D eigenvalue weighted by atomic mass is 9.76. The van der Waals surface area contributed by atoms with Gasteiger partial charge in [-0.2, -0.15) is 0 Å². The van der Waals surface area contributed by atoms with Gasteiger partial charge in [0.1, 0.15) is 0 Å². The van der Waals surface area contributed by atoms with Crippen molar-refractivity contribution in [1.29, 1.82) is 0 Å². The Kier molecular flexibility index (Phi) is 1.61. The van der Waals surface area contributed by atoms with Crippen LogP contribution in [0.15, 0.2) is 34.9 Å². The molecule has 0 heterocycles. The zero-order valence-electron chi connectivity index (χ0n) is 9.77. The molecule has 4 aliphatic carbocycles. The number of hydrogen-bond acceptors (Lipinski definition) is 2. The number of carbonyl (C=O) groups excluding carboxylic acids is 2. The molecule has 17 heavy (non-hydrogen) atoms. The molecule has 4 atom stereocenters. The highest BCUT2D eigenvalue weighted by Gasteiger charge is 2.48. The molecular formula is C15H14O2. The van der Waals surface area contributed by atoms with Crippen LogP contribution in [-0.4, -0.2) is 11.6 Å². The van der Waals surface area contributed by atoms with Gasteiger partial charge in [0.25, 0.3) is 0 Å². The van der Waals surface area contributed by atoms with E-state index in [4.69, 9.17) is 0 Å². The maximum absolute atomic E-state index is 12.2. The Morgan fingerprint density at radius 1 is 1.12 bits per heavy atom. The van der Waals surface area contributed by atoms with E-state index >= 15 is 0 Å². The molecule has 4 unspecified atom stereocenters. The first-order valence-corrected chi connectivity index (χ1v) is 6.38. The Morgan fingerprint density at radius 3 is 2.59 bits per heavy atom. The van der Waals surface area contributed by atoms with Crippen LogP contribution in [-0.2, 0) is 9.59 Å². The van der Waals surface area contributed by atoms with E-state index in [2.05, 4.69) is 19.1 Å². The number of rotatable bonds is 1. The number of hydrogen-bond donors (Lipinski definition) is 0. The summed E-state index contributed by atoms with van der Waals surface area (Å²) in [6.45, 7) is 2.22. The molecule has 0 aromatic rings. The van der Waals surface area contributed by atoms with E-state index in [1.54, 1.807) is 6.08 Å². The van der Waals surface area contributed by atoms with Crippen molar-refractivity contribution < 1.29 is 9.59 Å². The molecule has 1 saturated carbocycles. The molecular weight excluding hydrogens is 212 g/mol. The van der Waals surface area contributed by atoms with E-state index in [0.29, 0.717) is 24.2 Å². The molecule has 0 aromatic carbocycles. The monoisotopic (exact) mass is 226 g/mol. The maximum Gasteiger partial charge on any atom is 0.186 e. The van der Waals surface area contributed by atoms with E-state index in [-0.39, 0.29) is 17.5 Å². The summed E-state index contributed by atoms with van der Waals surface area (Å²) < 4.78 is 0. The highest BCUT2D eigenvalue weighted by molar-refractivity contribution is 6.28. The van der Waals surface area contributed by atoms with Gasteiger partial charge in [-0.15, -0.1) is 0 Å². The first-order valence-electron chi connectivity index (χ1n) is 6.38. The zero-order valence-corrected chi connectivity index (χ0v) is 9.77. The Bertz CT molecular complexity index is 547. The number of Topliss-reactive ketones (excluding diaryl/α,β-unsaturated/α-hetero) is 1. The summed E-state index contributed by atoms with van der Waals surface area (Å²) in [6, 6.07) is 0. The number of allylic oxidation sites excluding steroid dienone is 6. The summed E-state index contributed by atoms with van der Waals surface area (Å²) in [5.74, 6) is 2.15. The number of fused-ring (bicyclic) bond motifs is 2. The van der Waals surface area contributed by atoms with E-state index in [1.807, 2.05) is 0 Å². The lowest BCUT2D eigenvalue weighted by Gasteiger charge is -2.26. The molecule has 86 valence electrons. The van der Waals surface area contributed by atoms with Crippen LogP contribution in [0, 0.1) is 23.7 Å². The minimum absolute atomic E-state index is 0.0913. The fourth-order valence-corrected chi connectivity index (χ4v) is 3.88. The van der Waals surface area contributed by atoms with Gasteiger partial charge in [-0.25, -0.2) is 0 Å². The normalized spacial score (nSPS) is 42.1. The molecule has 0 radical (unpaired) electrons. The topological polar surface area (TPSA) is 34.1 Å². The zero-order chi connectivity index (χ0) is 11.7. The second-order valence-corrected chi connectivity index (χ2v) is 5.76. The third-order valence-corrected chi connectivity index (χ3v) is 4.93. The van der Waals surface area contributed by atoms with E-state index < -0.39 is 0 Å². The van der Waals surface area contributed by atoms with Gasteiger partial charge in [0, 0.05) is 23.1 Å². The van der Waals surface area contributed by atoms with Crippen molar-refractivity contribution in [2.75, 3.05) is 0 Å². The van der Waals surface area contributed by atoms with Gasteiger partial charge in [-0.1, -0.05) is 19.1 Å². The lowest BCUT2D eigenvalue weighted by molar-refractivity contribution is -0.115. The molecule has 0 amide bonds. The Morgan fingerprint density at radius 2 is 1.88 bits per heavy atom. The second kappa shape index (κ2) is 2.87. The van der Waals surface area contributed by atoms with Gasteiger partial charge in [-0.3, -0.25) is 9.59 Å². The molecule has 4 rings (SSSR count). The molecule has 0 aromatic heterocycles. The summed E-state index contributed by atoms with van der Waals surface area (Å²) >= 11 is 0. The molecule has 4 aliphatic rings. The average molecular weight is 226 g/mol. The predicted molar refractivity (Wildman–Crippen MR) is 63.1 cm³/mol. The summed E-state index contributed by atoms with van der Waals surface area (Å²) in [6.07, 6.45) is 7.96. The van der Waals surface area contributed by atoms with Gasteiger partial charge in [0.05, 0.1) is 0 Å². The van der Waals surface area contributed by atoms with Crippen molar-refractivity contribution >= 4 is 11.6 Å². The number of carbonyl (C=O) groups is 2. The molecule has 0 N–H and O–H groups in total. The SMILES string of the molecule is CC1C2C=CC(C2)C1C1=CC(=O)C2=C(C2)C1=O. The highest BCUT2D eigenvalue weighted by Crippen LogP contribution is 2.53.